The van der Waals surface area contributed by atoms with Crippen molar-refractivity contribution in [1.29, 1.82) is 0 Å². The van der Waals surface area contributed by atoms with Crippen LogP contribution in [0.4, 0.5) is 0 Å². The van der Waals surface area contributed by atoms with E-state index < -0.39 is 0 Å². The first-order valence-corrected chi connectivity index (χ1v) is 6.31. The van der Waals surface area contributed by atoms with Crippen molar-refractivity contribution < 1.29 is 0 Å². The Bertz CT molecular complexity index is 145. The van der Waals surface area contributed by atoms with Crippen LogP contribution in [-0.2, 0) is 0 Å². The molecule has 0 saturated carbocycles. The molecule has 0 aliphatic carbocycles. The highest BCUT2D eigenvalue weighted by Crippen LogP contribution is 2.08. The third-order valence-corrected chi connectivity index (χ3v) is 2.95. The smallest absolute Gasteiger partial charge is 0.00159 e. The molecule has 14 heavy (non-hydrogen) atoms. The van der Waals surface area contributed by atoms with Crippen molar-refractivity contribution in [3.63, 3.8) is 0 Å². The van der Waals surface area contributed by atoms with Crippen LogP contribution in [0.1, 0.15) is 51.9 Å². The molecule has 1 nitrogen and oxygen atoms in total. The minimum atomic E-state index is 1.25. The van der Waals surface area contributed by atoms with Crippen LogP contribution in [0.3, 0.4) is 0 Å². The molecule has 0 atom stereocenters. The highest BCUT2D eigenvalue weighted by molar-refractivity contribution is 4.82. The van der Waals surface area contributed by atoms with E-state index in [1.54, 1.807) is 0 Å². The molecule has 0 bridgehead atoms. The summed E-state index contributed by atoms with van der Waals surface area (Å²) in [6.45, 7) is 6.20. The first-order chi connectivity index (χ1) is 6.93. The van der Waals surface area contributed by atoms with Gasteiger partial charge in [-0.15, -0.1) is 0 Å². The van der Waals surface area contributed by atoms with Gasteiger partial charge in [0.25, 0.3) is 0 Å². The number of rotatable bonds is 6. The number of unbranched alkanes of at least 4 members (excludes halogenated alkanes) is 2. The first kappa shape index (κ1) is 11.8. The fourth-order valence-electron chi connectivity index (χ4n) is 2.00. The molecule has 0 aromatic heterocycles. The number of likely N-dealkylation sites (tertiary alicyclic amines) is 1. The van der Waals surface area contributed by atoms with Crippen molar-refractivity contribution in [3.8, 4) is 0 Å². The van der Waals surface area contributed by atoms with E-state index in [9.17, 15) is 0 Å². The van der Waals surface area contributed by atoms with E-state index in [0.717, 1.165) is 0 Å². The first-order valence-electron chi connectivity index (χ1n) is 6.31. The average molecular weight is 195 g/mol. The zero-order valence-electron chi connectivity index (χ0n) is 9.67. The lowest BCUT2D eigenvalue weighted by Gasteiger charge is -2.25. The van der Waals surface area contributed by atoms with Gasteiger partial charge in [0, 0.05) is 6.54 Å². The van der Waals surface area contributed by atoms with E-state index in [1.165, 1.54) is 64.6 Å². The van der Waals surface area contributed by atoms with Crippen molar-refractivity contribution >= 4 is 0 Å². The van der Waals surface area contributed by atoms with Crippen LogP contribution in [0.25, 0.3) is 0 Å². The van der Waals surface area contributed by atoms with Gasteiger partial charge in [0.1, 0.15) is 0 Å². The molecule has 82 valence electrons. The molecule has 0 N–H and O–H groups in total. The molecule has 0 radical (unpaired) electrons. The van der Waals surface area contributed by atoms with Crippen LogP contribution >= 0.6 is 0 Å². The summed E-state index contributed by atoms with van der Waals surface area (Å²) >= 11 is 0. The van der Waals surface area contributed by atoms with Crippen LogP contribution in [0, 0.1) is 0 Å². The predicted octanol–water partition coefficient (Wildman–Crippen LogP) is 3.61. The molecule has 1 saturated heterocycles. The Labute approximate surface area is 89.2 Å². The summed E-state index contributed by atoms with van der Waals surface area (Å²) in [6, 6.07) is 0. The van der Waals surface area contributed by atoms with E-state index in [4.69, 9.17) is 0 Å². The van der Waals surface area contributed by atoms with Gasteiger partial charge in [-0.1, -0.05) is 38.3 Å². The van der Waals surface area contributed by atoms with Gasteiger partial charge >= 0.3 is 0 Å². The summed E-state index contributed by atoms with van der Waals surface area (Å²) in [6.07, 6.45) is 14.2. The average Bonchev–Trinajstić information content (AvgIpc) is 2.25. The second-order valence-corrected chi connectivity index (χ2v) is 4.30. The van der Waals surface area contributed by atoms with Gasteiger partial charge in [0.2, 0.25) is 0 Å². The largest absolute Gasteiger partial charge is 0.303 e. The summed E-state index contributed by atoms with van der Waals surface area (Å²) in [5, 5.41) is 0. The third-order valence-electron chi connectivity index (χ3n) is 2.95. The molecule has 0 unspecified atom stereocenters. The monoisotopic (exact) mass is 195 g/mol. The van der Waals surface area contributed by atoms with E-state index >= 15 is 0 Å². The lowest BCUT2D eigenvalue weighted by atomic mass is 10.1. The molecular formula is C13H25N. The van der Waals surface area contributed by atoms with Crippen molar-refractivity contribution in [2.75, 3.05) is 19.6 Å². The summed E-state index contributed by atoms with van der Waals surface area (Å²) < 4.78 is 0. The summed E-state index contributed by atoms with van der Waals surface area (Å²) in [5.74, 6) is 0. The predicted molar refractivity (Wildman–Crippen MR) is 63.6 cm³/mol. The number of piperidine rings is 1. The molecule has 1 aliphatic heterocycles. The van der Waals surface area contributed by atoms with Crippen LogP contribution in [0.15, 0.2) is 12.2 Å². The number of hydrogen-bond acceptors (Lipinski definition) is 1. The normalized spacial score (nSPS) is 19.2. The lowest BCUT2D eigenvalue weighted by molar-refractivity contribution is 0.233. The topological polar surface area (TPSA) is 3.24 Å². The van der Waals surface area contributed by atoms with Gasteiger partial charge < -0.3 is 4.90 Å². The molecule has 0 aromatic rings. The van der Waals surface area contributed by atoms with E-state index in [1.807, 2.05) is 0 Å². The maximum Gasteiger partial charge on any atom is 0.00159 e. The summed E-state index contributed by atoms with van der Waals surface area (Å²) in [7, 11) is 0. The van der Waals surface area contributed by atoms with Gasteiger partial charge in [-0.3, -0.25) is 0 Å². The van der Waals surface area contributed by atoms with Gasteiger partial charge in [-0.05, 0) is 38.8 Å². The Kier molecular flexibility index (Phi) is 6.77. The minimum Gasteiger partial charge on any atom is -0.303 e. The van der Waals surface area contributed by atoms with E-state index in [-0.39, 0.29) is 0 Å². The fraction of sp³-hybridized carbons (Fsp3) is 0.846. The number of nitrogens with zero attached hydrogens (tertiary/aromatic N) is 1. The maximum absolute atomic E-state index is 2.60. The van der Waals surface area contributed by atoms with Crippen molar-refractivity contribution in [3.05, 3.63) is 12.2 Å². The molecular weight excluding hydrogens is 170 g/mol. The second-order valence-electron chi connectivity index (χ2n) is 4.30. The molecule has 0 spiro atoms. The Morgan fingerprint density at radius 3 is 2.43 bits per heavy atom. The van der Waals surface area contributed by atoms with Crippen molar-refractivity contribution in [2.45, 2.75) is 51.9 Å². The molecule has 0 amide bonds. The molecule has 1 heteroatoms. The lowest BCUT2D eigenvalue weighted by Crippen LogP contribution is -2.30. The fourth-order valence-corrected chi connectivity index (χ4v) is 2.00. The Morgan fingerprint density at radius 1 is 1.00 bits per heavy atom. The van der Waals surface area contributed by atoms with Crippen LogP contribution in [-0.4, -0.2) is 24.5 Å². The highest BCUT2D eigenvalue weighted by atomic mass is 15.1. The van der Waals surface area contributed by atoms with Crippen LogP contribution in [0.5, 0.6) is 0 Å². The molecule has 1 rings (SSSR count). The van der Waals surface area contributed by atoms with Crippen LogP contribution < -0.4 is 0 Å². The standard InChI is InChI=1S/C13H25N/c1-2-3-4-5-6-8-11-14-12-9-7-10-13-14/h5-6H,2-4,7-13H2,1H3/b6-5+. The molecule has 1 heterocycles. The summed E-state index contributed by atoms with van der Waals surface area (Å²) in [5.41, 5.74) is 0. The SMILES string of the molecule is CCCC/C=C/CCN1CCCCC1. The summed E-state index contributed by atoms with van der Waals surface area (Å²) in [4.78, 5) is 2.60. The van der Waals surface area contributed by atoms with E-state index in [2.05, 4.69) is 24.0 Å². The number of hydrogen-bond donors (Lipinski definition) is 0. The molecule has 1 fully saturated rings. The van der Waals surface area contributed by atoms with Crippen molar-refractivity contribution in [1.82, 2.24) is 4.90 Å². The van der Waals surface area contributed by atoms with Gasteiger partial charge in [-0.2, -0.15) is 0 Å². The Hall–Kier alpha value is -0.300. The molecule has 0 aromatic carbocycles. The quantitative estimate of drug-likeness (QED) is 0.462. The number of allylic oxidation sites excluding steroid dienone is 1. The third kappa shape index (κ3) is 5.43. The molecule has 1 aliphatic rings. The Balaban J connectivity index is 1.94. The van der Waals surface area contributed by atoms with Crippen LogP contribution in [0.2, 0.25) is 0 Å². The van der Waals surface area contributed by atoms with Crippen molar-refractivity contribution in [2.24, 2.45) is 0 Å². The van der Waals surface area contributed by atoms with Gasteiger partial charge in [0.15, 0.2) is 0 Å². The Morgan fingerprint density at radius 2 is 1.71 bits per heavy atom. The second kappa shape index (κ2) is 8.05. The minimum absolute atomic E-state index is 1.25. The zero-order chi connectivity index (χ0) is 10.1. The maximum atomic E-state index is 2.60. The highest BCUT2D eigenvalue weighted by Gasteiger charge is 2.07. The zero-order valence-corrected chi connectivity index (χ0v) is 9.67. The van der Waals surface area contributed by atoms with E-state index in [0.29, 0.717) is 0 Å². The van der Waals surface area contributed by atoms with Gasteiger partial charge in [-0.25, -0.2) is 0 Å². The van der Waals surface area contributed by atoms with Gasteiger partial charge in [0.05, 0.1) is 0 Å².